The monoisotopic (exact) mass is 370 g/mol. The molecule has 0 aromatic heterocycles. The van der Waals surface area contributed by atoms with Crippen LogP contribution in [-0.2, 0) is 22.7 Å². The predicted molar refractivity (Wildman–Crippen MR) is 99.8 cm³/mol. The van der Waals surface area contributed by atoms with Crippen molar-refractivity contribution >= 4 is 17.7 Å². The molecule has 3 aliphatic heterocycles. The van der Waals surface area contributed by atoms with Crippen LogP contribution < -0.4 is 16.0 Å². The maximum absolute atomic E-state index is 12.9. The van der Waals surface area contributed by atoms with Crippen LogP contribution >= 0.6 is 0 Å². The lowest BCUT2D eigenvalue weighted by atomic mass is 10.0. The minimum atomic E-state index is -0.559. The molecule has 0 spiro atoms. The van der Waals surface area contributed by atoms with Gasteiger partial charge in [-0.15, -0.1) is 0 Å². The highest BCUT2D eigenvalue weighted by Gasteiger charge is 2.39. The zero-order valence-electron chi connectivity index (χ0n) is 15.8. The highest BCUT2D eigenvalue weighted by atomic mass is 16.2. The number of carbonyl (C=O) groups is 3. The van der Waals surface area contributed by atoms with Crippen LogP contribution in [0, 0.1) is 0 Å². The summed E-state index contributed by atoms with van der Waals surface area (Å²) < 4.78 is 0. The van der Waals surface area contributed by atoms with Gasteiger partial charge in [0.1, 0.15) is 6.04 Å². The van der Waals surface area contributed by atoms with Crippen LogP contribution in [0.3, 0.4) is 0 Å². The summed E-state index contributed by atoms with van der Waals surface area (Å²) in [7, 11) is 0. The molecule has 7 heteroatoms. The number of fused-ring (bicyclic) bond motifs is 1. The number of nitrogens with one attached hydrogen (secondary N) is 3. The third kappa shape index (κ3) is 3.61. The number of hydrogen-bond acceptors (Lipinski definition) is 5. The van der Waals surface area contributed by atoms with E-state index < -0.39 is 6.04 Å². The number of nitrogens with zero attached hydrogens (tertiary/aromatic N) is 1. The Kier molecular flexibility index (Phi) is 4.52. The fourth-order valence-corrected chi connectivity index (χ4v) is 4.28. The number of carbonyl (C=O) groups excluding carboxylic acids is 3. The number of rotatable bonds is 4. The number of benzene rings is 1. The van der Waals surface area contributed by atoms with E-state index in [-0.39, 0.29) is 29.7 Å². The van der Waals surface area contributed by atoms with E-state index in [0.29, 0.717) is 31.1 Å². The average Bonchev–Trinajstić information content (AvgIpc) is 3.13. The number of piperidine rings is 1. The highest BCUT2D eigenvalue weighted by Crippen LogP contribution is 2.28. The number of imide groups is 1. The molecule has 2 atom stereocenters. The Morgan fingerprint density at radius 1 is 1.26 bits per heavy atom. The molecule has 2 fully saturated rings. The second-order valence-corrected chi connectivity index (χ2v) is 8.44. The summed E-state index contributed by atoms with van der Waals surface area (Å²) in [5, 5.41) is 9.39. The van der Waals surface area contributed by atoms with Gasteiger partial charge in [0, 0.05) is 43.2 Å². The summed E-state index contributed by atoms with van der Waals surface area (Å²) >= 11 is 0. The summed E-state index contributed by atoms with van der Waals surface area (Å²) in [6.07, 6.45) is 1.74. The third-order valence-electron chi connectivity index (χ3n) is 5.77. The van der Waals surface area contributed by atoms with Crippen LogP contribution in [0.15, 0.2) is 18.2 Å². The van der Waals surface area contributed by atoms with Crippen molar-refractivity contribution in [2.45, 2.75) is 63.8 Å². The molecule has 0 saturated carbocycles. The molecule has 2 saturated heterocycles. The zero-order chi connectivity index (χ0) is 19.2. The minimum absolute atomic E-state index is 0.120. The Labute approximate surface area is 158 Å². The molecule has 0 radical (unpaired) electrons. The van der Waals surface area contributed by atoms with Gasteiger partial charge in [0.05, 0.1) is 0 Å². The topological polar surface area (TPSA) is 90.5 Å². The van der Waals surface area contributed by atoms with Gasteiger partial charge in [-0.2, -0.15) is 0 Å². The van der Waals surface area contributed by atoms with Crippen molar-refractivity contribution in [3.63, 3.8) is 0 Å². The molecule has 27 heavy (non-hydrogen) atoms. The third-order valence-corrected chi connectivity index (χ3v) is 5.77. The largest absolute Gasteiger partial charge is 0.322 e. The first-order valence-electron chi connectivity index (χ1n) is 9.57. The van der Waals surface area contributed by atoms with Crippen molar-refractivity contribution in [1.29, 1.82) is 0 Å². The highest BCUT2D eigenvalue weighted by molar-refractivity contribution is 6.05. The fraction of sp³-hybridized carbons (Fsp3) is 0.550. The Bertz CT molecular complexity index is 804. The van der Waals surface area contributed by atoms with Gasteiger partial charge in [-0.25, -0.2) is 0 Å². The van der Waals surface area contributed by atoms with Crippen molar-refractivity contribution in [2.75, 3.05) is 6.54 Å². The van der Waals surface area contributed by atoms with Crippen molar-refractivity contribution in [3.05, 3.63) is 34.9 Å². The molecule has 0 bridgehead atoms. The lowest BCUT2D eigenvalue weighted by Crippen LogP contribution is -2.52. The predicted octanol–water partition coefficient (Wildman–Crippen LogP) is 0.678. The first-order valence-corrected chi connectivity index (χ1v) is 9.57. The summed E-state index contributed by atoms with van der Waals surface area (Å²) in [6.45, 7) is 6.48. The normalized spacial score (nSPS) is 27.0. The van der Waals surface area contributed by atoms with Crippen molar-refractivity contribution in [3.8, 4) is 0 Å². The lowest BCUT2D eigenvalue weighted by Gasteiger charge is -2.29. The van der Waals surface area contributed by atoms with Gasteiger partial charge in [-0.05, 0) is 43.9 Å². The zero-order valence-corrected chi connectivity index (χ0v) is 15.8. The van der Waals surface area contributed by atoms with E-state index >= 15 is 0 Å². The van der Waals surface area contributed by atoms with Gasteiger partial charge in [0.25, 0.3) is 5.91 Å². The molecule has 144 valence electrons. The van der Waals surface area contributed by atoms with E-state index in [0.717, 1.165) is 24.1 Å². The van der Waals surface area contributed by atoms with Crippen molar-refractivity contribution in [1.82, 2.24) is 20.9 Å². The molecular weight excluding hydrogens is 344 g/mol. The molecule has 0 aliphatic carbocycles. The van der Waals surface area contributed by atoms with Crippen LogP contribution in [-0.4, -0.2) is 46.8 Å². The van der Waals surface area contributed by atoms with Gasteiger partial charge in [-0.1, -0.05) is 12.1 Å². The fourth-order valence-electron chi connectivity index (χ4n) is 4.28. The smallest absolute Gasteiger partial charge is 0.255 e. The molecule has 2 unspecified atom stereocenters. The lowest BCUT2D eigenvalue weighted by molar-refractivity contribution is -0.136. The Morgan fingerprint density at radius 2 is 2.07 bits per heavy atom. The molecular formula is C20H26N4O3. The standard InChI is InChI=1S/C20H26N4O3/c1-20(2)8-14(10-22-20)21-9-12-3-4-13-11-24(19(27)15(13)7-12)16-5-6-17(25)23-18(16)26/h3-4,7,14,16,21-22H,5-6,8-11H2,1-2H3,(H,23,25,26). The average molecular weight is 370 g/mol. The number of amides is 3. The quantitative estimate of drug-likeness (QED) is 0.678. The molecule has 7 nitrogen and oxygen atoms in total. The summed E-state index contributed by atoms with van der Waals surface area (Å²) in [6, 6.07) is 5.82. The van der Waals surface area contributed by atoms with Crippen LogP contribution in [0.5, 0.6) is 0 Å². The molecule has 3 N–H and O–H groups in total. The molecule has 3 aliphatic rings. The number of hydrogen-bond donors (Lipinski definition) is 3. The van der Waals surface area contributed by atoms with E-state index in [1.807, 2.05) is 18.2 Å². The van der Waals surface area contributed by atoms with E-state index in [1.54, 1.807) is 4.90 Å². The Morgan fingerprint density at radius 3 is 2.78 bits per heavy atom. The summed E-state index contributed by atoms with van der Waals surface area (Å²) in [5.41, 5.74) is 2.84. The molecule has 3 amide bonds. The summed E-state index contributed by atoms with van der Waals surface area (Å²) in [4.78, 5) is 37.9. The maximum atomic E-state index is 12.9. The van der Waals surface area contributed by atoms with E-state index in [2.05, 4.69) is 29.8 Å². The van der Waals surface area contributed by atoms with Crippen LogP contribution in [0.25, 0.3) is 0 Å². The van der Waals surface area contributed by atoms with Crippen LogP contribution in [0.4, 0.5) is 0 Å². The SMILES string of the molecule is CC1(C)CC(NCc2ccc3c(c2)C(=O)N(C2CCC(=O)NC2=O)C3)CN1. The van der Waals surface area contributed by atoms with Crippen molar-refractivity contribution in [2.24, 2.45) is 0 Å². The van der Waals surface area contributed by atoms with Gasteiger partial charge in [-0.3, -0.25) is 19.7 Å². The molecule has 1 aromatic carbocycles. The maximum Gasteiger partial charge on any atom is 0.255 e. The minimum Gasteiger partial charge on any atom is -0.322 e. The second kappa shape index (κ2) is 6.73. The Hall–Kier alpha value is -2.25. The molecule has 3 heterocycles. The first-order chi connectivity index (χ1) is 12.8. The van der Waals surface area contributed by atoms with Crippen LogP contribution in [0.1, 0.15) is 54.6 Å². The van der Waals surface area contributed by atoms with E-state index in [1.165, 1.54) is 0 Å². The van der Waals surface area contributed by atoms with Gasteiger partial charge in [0.15, 0.2) is 0 Å². The van der Waals surface area contributed by atoms with E-state index in [9.17, 15) is 14.4 Å². The molecule has 4 rings (SSSR count). The van der Waals surface area contributed by atoms with Crippen LogP contribution in [0.2, 0.25) is 0 Å². The Balaban J connectivity index is 1.42. The van der Waals surface area contributed by atoms with Gasteiger partial charge >= 0.3 is 0 Å². The molecule has 1 aromatic rings. The van der Waals surface area contributed by atoms with Gasteiger partial charge < -0.3 is 15.5 Å². The van der Waals surface area contributed by atoms with Gasteiger partial charge in [0.2, 0.25) is 11.8 Å². The summed E-state index contributed by atoms with van der Waals surface area (Å²) in [5.74, 6) is -0.756. The van der Waals surface area contributed by atoms with E-state index in [4.69, 9.17) is 0 Å². The van der Waals surface area contributed by atoms with Crippen molar-refractivity contribution < 1.29 is 14.4 Å². The first kappa shape index (κ1) is 18.1. The second-order valence-electron chi connectivity index (χ2n) is 8.44.